The molecular formula is C16H24ClF3N2O2. The zero-order valence-corrected chi connectivity index (χ0v) is 14.4. The molecule has 0 aliphatic carbocycles. The Morgan fingerprint density at radius 2 is 1.96 bits per heavy atom. The number of halogens is 4. The van der Waals surface area contributed by atoms with E-state index in [1.807, 2.05) is 0 Å². The molecule has 0 spiro atoms. The molecule has 1 heterocycles. The molecule has 2 rings (SSSR count). The molecule has 1 aromatic rings. The van der Waals surface area contributed by atoms with Crippen LogP contribution in [0.15, 0.2) is 18.2 Å². The molecule has 1 saturated heterocycles. The molecule has 1 aliphatic heterocycles. The predicted octanol–water partition coefficient (Wildman–Crippen LogP) is 2.85. The first-order valence-electron chi connectivity index (χ1n) is 7.78. The fourth-order valence-corrected chi connectivity index (χ4v) is 2.98. The van der Waals surface area contributed by atoms with Crippen LogP contribution in [0.25, 0.3) is 0 Å². The van der Waals surface area contributed by atoms with Gasteiger partial charge in [-0.15, -0.1) is 12.4 Å². The van der Waals surface area contributed by atoms with Crippen LogP contribution in [0, 0.1) is 0 Å². The van der Waals surface area contributed by atoms with Crippen molar-refractivity contribution in [3.05, 3.63) is 29.3 Å². The zero-order valence-electron chi connectivity index (χ0n) is 13.6. The summed E-state index contributed by atoms with van der Waals surface area (Å²) in [5.74, 6) is 0.251. The van der Waals surface area contributed by atoms with E-state index < -0.39 is 11.7 Å². The minimum Gasteiger partial charge on any atom is -0.496 e. The molecule has 8 heteroatoms. The molecule has 4 nitrogen and oxygen atoms in total. The van der Waals surface area contributed by atoms with Crippen molar-refractivity contribution in [1.29, 1.82) is 0 Å². The van der Waals surface area contributed by atoms with E-state index >= 15 is 0 Å². The maximum Gasteiger partial charge on any atom is 0.416 e. The number of aliphatic hydroxyl groups is 1. The van der Waals surface area contributed by atoms with Gasteiger partial charge in [0.15, 0.2) is 0 Å². The van der Waals surface area contributed by atoms with Gasteiger partial charge in [-0.2, -0.15) is 13.2 Å². The first-order valence-corrected chi connectivity index (χ1v) is 7.78. The molecule has 0 aromatic heterocycles. The zero-order chi connectivity index (χ0) is 16.9. The summed E-state index contributed by atoms with van der Waals surface area (Å²) in [7, 11) is 1.39. The fraction of sp³-hybridized carbons (Fsp3) is 0.625. The monoisotopic (exact) mass is 368 g/mol. The molecule has 0 saturated carbocycles. The Hall–Kier alpha value is -1.02. The number of nitrogens with zero attached hydrogens (tertiary/aromatic N) is 1. The van der Waals surface area contributed by atoms with Crippen LogP contribution in [0.3, 0.4) is 0 Å². The van der Waals surface area contributed by atoms with Crippen molar-refractivity contribution in [1.82, 2.24) is 10.2 Å². The van der Waals surface area contributed by atoms with E-state index in [-0.39, 0.29) is 30.8 Å². The van der Waals surface area contributed by atoms with Crippen LogP contribution in [0.5, 0.6) is 5.75 Å². The van der Waals surface area contributed by atoms with Gasteiger partial charge in [0.2, 0.25) is 0 Å². The molecule has 1 fully saturated rings. The van der Waals surface area contributed by atoms with Gasteiger partial charge in [0.25, 0.3) is 0 Å². The highest BCUT2D eigenvalue weighted by atomic mass is 35.5. The number of hydrogen-bond donors (Lipinski definition) is 2. The minimum absolute atomic E-state index is 0. The van der Waals surface area contributed by atoms with Crippen molar-refractivity contribution in [2.24, 2.45) is 0 Å². The Kier molecular flexibility index (Phi) is 8.29. The highest BCUT2D eigenvalue weighted by Crippen LogP contribution is 2.38. The average molecular weight is 369 g/mol. The molecule has 138 valence electrons. The van der Waals surface area contributed by atoms with Gasteiger partial charge in [0.1, 0.15) is 5.75 Å². The Morgan fingerprint density at radius 1 is 1.29 bits per heavy atom. The van der Waals surface area contributed by atoms with E-state index in [4.69, 9.17) is 9.84 Å². The van der Waals surface area contributed by atoms with Gasteiger partial charge in [-0.05, 0) is 25.0 Å². The van der Waals surface area contributed by atoms with Crippen LogP contribution in [0.2, 0.25) is 0 Å². The second-order valence-electron chi connectivity index (χ2n) is 5.62. The van der Waals surface area contributed by atoms with Crippen molar-refractivity contribution in [3.8, 4) is 5.75 Å². The molecule has 0 amide bonds. The van der Waals surface area contributed by atoms with Crippen LogP contribution in [-0.4, -0.2) is 49.9 Å². The highest BCUT2D eigenvalue weighted by molar-refractivity contribution is 5.85. The smallest absolute Gasteiger partial charge is 0.416 e. The molecule has 2 N–H and O–H groups in total. The van der Waals surface area contributed by atoms with E-state index in [2.05, 4.69) is 10.2 Å². The van der Waals surface area contributed by atoms with Gasteiger partial charge in [-0.25, -0.2) is 0 Å². The molecule has 24 heavy (non-hydrogen) atoms. The second-order valence-corrected chi connectivity index (χ2v) is 5.62. The number of rotatable bonds is 6. The van der Waals surface area contributed by atoms with Gasteiger partial charge in [0, 0.05) is 44.4 Å². The molecule has 1 aromatic carbocycles. The van der Waals surface area contributed by atoms with Gasteiger partial charge in [-0.1, -0.05) is 6.07 Å². The van der Waals surface area contributed by atoms with Gasteiger partial charge >= 0.3 is 6.18 Å². The standard InChI is InChI=1S/C16H23F3N2O2.ClH/c1-23-15-11-12(16(17,18)19)4-5-13(15)14(3-2-10-22)21-8-6-20-7-9-21;/h4-5,11,14,20,22H,2-3,6-10H2,1H3;1H/t14-;/m1./s1. The number of ether oxygens (including phenoxy) is 1. The topological polar surface area (TPSA) is 44.7 Å². The van der Waals surface area contributed by atoms with Crippen molar-refractivity contribution in [2.75, 3.05) is 39.9 Å². The Bertz CT molecular complexity index is 509. The number of benzene rings is 1. The summed E-state index contributed by atoms with van der Waals surface area (Å²) >= 11 is 0. The molecular weight excluding hydrogens is 345 g/mol. The maximum atomic E-state index is 12.9. The van der Waals surface area contributed by atoms with Crippen LogP contribution in [0.4, 0.5) is 13.2 Å². The van der Waals surface area contributed by atoms with Gasteiger partial charge < -0.3 is 15.2 Å². The van der Waals surface area contributed by atoms with E-state index in [0.29, 0.717) is 12.8 Å². The number of piperazine rings is 1. The quantitative estimate of drug-likeness (QED) is 0.810. The number of methoxy groups -OCH3 is 1. The van der Waals surface area contributed by atoms with E-state index in [0.717, 1.165) is 43.9 Å². The van der Waals surface area contributed by atoms with Crippen molar-refractivity contribution >= 4 is 12.4 Å². The number of nitrogens with one attached hydrogen (secondary N) is 1. The Morgan fingerprint density at radius 3 is 2.50 bits per heavy atom. The third kappa shape index (κ3) is 5.24. The predicted molar refractivity (Wildman–Crippen MR) is 88.7 cm³/mol. The third-order valence-electron chi connectivity index (χ3n) is 4.15. The lowest BCUT2D eigenvalue weighted by Gasteiger charge is -2.36. The third-order valence-corrected chi connectivity index (χ3v) is 4.15. The van der Waals surface area contributed by atoms with Crippen molar-refractivity contribution in [3.63, 3.8) is 0 Å². The van der Waals surface area contributed by atoms with Crippen molar-refractivity contribution in [2.45, 2.75) is 25.1 Å². The summed E-state index contributed by atoms with van der Waals surface area (Å²) in [5, 5.41) is 12.4. The average Bonchev–Trinajstić information content (AvgIpc) is 2.55. The molecule has 1 atom stereocenters. The normalized spacial score (nSPS) is 17.2. The summed E-state index contributed by atoms with van der Waals surface area (Å²) in [4.78, 5) is 2.23. The lowest BCUT2D eigenvalue weighted by atomic mass is 9.97. The number of hydrogen-bond acceptors (Lipinski definition) is 4. The molecule has 0 bridgehead atoms. The van der Waals surface area contributed by atoms with E-state index in [1.54, 1.807) is 0 Å². The number of alkyl halides is 3. The number of aliphatic hydroxyl groups excluding tert-OH is 1. The van der Waals surface area contributed by atoms with Crippen LogP contribution in [-0.2, 0) is 6.18 Å². The SMILES string of the molecule is COc1cc(C(F)(F)F)ccc1[C@@H](CCCO)N1CCNCC1.Cl. The summed E-state index contributed by atoms with van der Waals surface area (Å²) < 4.78 is 43.9. The lowest BCUT2D eigenvalue weighted by molar-refractivity contribution is -0.137. The van der Waals surface area contributed by atoms with Crippen molar-refractivity contribution < 1.29 is 23.0 Å². The van der Waals surface area contributed by atoms with Gasteiger partial charge in [0.05, 0.1) is 12.7 Å². The first kappa shape index (κ1) is 21.0. The van der Waals surface area contributed by atoms with Gasteiger partial charge in [-0.3, -0.25) is 4.90 Å². The van der Waals surface area contributed by atoms with Crippen LogP contribution >= 0.6 is 12.4 Å². The summed E-state index contributed by atoms with van der Waals surface area (Å²) in [6.45, 7) is 3.39. The minimum atomic E-state index is -4.39. The Balaban J connectivity index is 0.00000288. The largest absolute Gasteiger partial charge is 0.496 e. The summed E-state index contributed by atoms with van der Waals surface area (Å²) in [6.07, 6.45) is -3.11. The maximum absolute atomic E-state index is 12.9. The first-order chi connectivity index (χ1) is 11.0. The fourth-order valence-electron chi connectivity index (χ4n) is 2.98. The van der Waals surface area contributed by atoms with E-state index in [9.17, 15) is 13.2 Å². The molecule has 1 aliphatic rings. The lowest BCUT2D eigenvalue weighted by Crippen LogP contribution is -2.45. The summed E-state index contributed by atoms with van der Waals surface area (Å²) in [5.41, 5.74) is 0.0372. The van der Waals surface area contributed by atoms with Crippen LogP contribution < -0.4 is 10.1 Å². The second kappa shape index (κ2) is 9.46. The molecule has 0 unspecified atom stereocenters. The highest BCUT2D eigenvalue weighted by Gasteiger charge is 2.32. The summed E-state index contributed by atoms with van der Waals surface area (Å²) in [6, 6.07) is 3.61. The Labute approximate surface area is 146 Å². The van der Waals surface area contributed by atoms with Crippen LogP contribution in [0.1, 0.15) is 30.0 Å². The van der Waals surface area contributed by atoms with E-state index in [1.165, 1.54) is 13.2 Å². The molecule has 0 radical (unpaired) electrons.